The topological polar surface area (TPSA) is 72.0 Å². The maximum Gasteiger partial charge on any atom is 0.217 e. The van der Waals surface area contributed by atoms with Gasteiger partial charge in [-0.3, -0.25) is 9.59 Å². The minimum atomic E-state index is -0.0707. The van der Waals surface area contributed by atoms with Crippen molar-refractivity contribution in [2.75, 3.05) is 5.75 Å². The van der Waals surface area contributed by atoms with Crippen molar-refractivity contribution in [3.05, 3.63) is 40.9 Å². The first-order chi connectivity index (χ1) is 9.65. The lowest BCUT2D eigenvalue weighted by Crippen LogP contribution is -2.18. The van der Waals surface area contributed by atoms with E-state index in [4.69, 9.17) is 0 Å². The number of aromatic nitrogens is 2. The van der Waals surface area contributed by atoms with Gasteiger partial charge in [0.2, 0.25) is 5.91 Å². The van der Waals surface area contributed by atoms with Crippen LogP contribution in [0.5, 0.6) is 0 Å². The summed E-state index contributed by atoms with van der Waals surface area (Å²) in [7, 11) is 0. The van der Waals surface area contributed by atoms with Gasteiger partial charge < -0.3 is 5.32 Å². The Morgan fingerprint density at radius 2 is 2.05 bits per heavy atom. The van der Waals surface area contributed by atoms with Crippen molar-refractivity contribution in [3.8, 4) is 0 Å². The second-order valence-electron chi connectivity index (χ2n) is 4.02. The molecule has 1 amide bonds. The first-order valence-corrected chi connectivity index (χ1v) is 7.77. The molecule has 0 aliphatic rings. The number of carbonyl (C=O) groups is 2. The molecule has 104 valence electrons. The molecule has 2 aromatic rings. The van der Waals surface area contributed by atoms with Gasteiger partial charge in [0.25, 0.3) is 0 Å². The quantitative estimate of drug-likeness (QED) is 0.654. The zero-order valence-corrected chi connectivity index (χ0v) is 12.5. The van der Waals surface area contributed by atoms with Gasteiger partial charge in [-0.05, 0) is 5.56 Å². The second-order valence-corrected chi connectivity index (χ2v) is 6.08. The molecule has 20 heavy (non-hydrogen) atoms. The zero-order chi connectivity index (χ0) is 14.4. The number of benzene rings is 1. The Morgan fingerprint density at radius 1 is 1.30 bits per heavy atom. The van der Waals surface area contributed by atoms with Crippen LogP contribution in [-0.2, 0) is 11.3 Å². The molecule has 0 fully saturated rings. The van der Waals surface area contributed by atoms with Crippen molar-refractivity contribution in [1.82, 2.24) is 15.5 Å². The molecule has 0 bridgehead atoms. The second kappa shape index (κ2) is 7.16. The maximum atomic E-state index is 12.0. The molecule has 1 aromatic heterocycles. The van der Waals surface area contributed by atoms with E-state index >= 15 is 0 Å². The Kier molecular flexibility index (Phi) is 5.25. The molecule has 0 aliphatic carbocycles. The highest BCUT2D eigenvalue weighted by molar-refractivity contribution is 8.01. The smallest absolute Gasteiger partial charge is 0.217 e. The number of Topliss-reactive ketones (excluding diaryl/α,β-unsaturated/α-hetero) is 1. The van der Waals surface area contributed by atoms with Crippen LogP contribution in [0.1, 0.15) is 22.8 Å². The molecular weight excluding hydrogens is 294 g/mol. The summed E-state index contributed by atoms with van der Waals surface area (Å²) >= 11 is 2.81. The molecule has 1 N–H and O–H groups in total. The Hall–Kier alpha value is -1.73. The van der Waals surface area contributed by atoms with Crippen molar-refractivity contribution in [3.63, 3.8) is 0 Å². The third-order valence-electron chi connectivity index (χ3n) is 2.48. The van der Waals surface area contributed by atoms with E-state index in [0.29, 0.717) is 17.9 Å². The number of amides is 1. The largest absolute Gasteiger partial charge is 0.352 e. The van der Waals surface area contributed by atoms with Gasteiger partial charge in [-0.1, -0.05) is 47.4 Å². The molecule has 1 aromatic carbocycles. The highest BCUT2D eigenvalue weighted by Crippen LogP contribution is 2.20. The summed E-state index contributed by atoms with van der Waals surface area (Å²) in [5.41, 5.74) is 3.27. The predicted octanol–water partition coefficient (Wildman–Crippen LogP) is 2.15. The summed E-state index contributed by atoms with van der Waals surface area (Å²) in [5, 5.41) is 10.3. The van der Waals surface area contributed by atoms with Crippen LogP contribution in [0.25, 0.3) is 0 Å². The Morgan fingerprint density at radius 3 is 2.65 bits per heavy atom. The van der Waals surface area contributed by atoms with E-state index in [9.17, 15) is 9.59 Å². The molecule has 0 unspecified atom stereocenters. The van der Waals surface area contributed by atoms with Gasteiger partial charge in [0.05, 0.1) is 5.75 Å². The van der Waals surface area contributed by atoms with E-state index in [2.05, 4.69) is 15.5 Å². The predicted molar refractivity (Wildman–Crippen MR) is 78.9 cm³/mol. The van der Waals surface area contributed by atoms with E-state index < -0.39 is 0 Å². The summed E-state index contributed by atoms with van der Waals surface area (Å²) in [6.45, 7) is 1.95. The molecule has 0 saturated heterocycles. The van der Waals surface area contributed by atoms with E-state index in [0.717, 1.165) is 9.90 Å². The first-order valence-electron chi connectivity index (χ1n) is 5.90. The SMILES string of the molecule is CC(=O)NCc1ccc(C(=O)CSc2nncs2)cc1. The number of hydrogen-bond acceptors (Lipinski definition) is 6. The van der Waals surface area contributed by atoms with E-state index in [1.54, 1.807) is 17.6 Å². The fourth-order valence-corrected chi connectivity index (χ4v) is 2.85. The van der Waals surface area contributed by atoms with E-state index in [1.165, 1.54) is 30.0 Å². The minimum Gasteiger partial charge on any atom is -0.352 e. The van der Waals surface area contributed by atoms with Crippen molar-refractivity contribution in [2.45, 2.75) is 17.8 Å². The zero-order valence-electron chi connectivity index (χ0n) is 10.8. The highest BCUT2D eigenvalue weighted by atomic mass is 32.2. The van der Waals surface area contributed by atoms with Gasteiger partial charge in [0, 0.05) is 19.0 Å². The molecular formula is C13H13N3O2S2. The summed E-state index contributed by atoms with van der Waals surface area (Å²) in [6.07, 6.45) is 0. The van der Waals surface area contributed by atoms with E-state index in [1.807, 2.05) is 12.1 Å². The molecule has 0 spiro atoms. The summed E-state index contributed by atoms with van der Waals surface area (Å²) in [5.74, 6) is 0.329. The standard InChI is InChI=1S/C13H13N3O2S2/c1-9(17)14-6-10-2-4-11(5-3-10)12(18)7-19-13-16-15-8-20-13/h2-5,8H,6-7H2,1H3,(H,14,17). The average Bonchev–Trinajstić information content (AvgIpc) is 2.96. The van der Waals surface area contributed by atoms with Crippen LogP contribution in [-0.4, -0.2) is 27.6 Å². The molecule has 2 rings (SSSR count). The lowest BCUT2D eigenvalue weighted by molar-refractivity contribution is -0.119. The van der Waals surface area contributed by atoms with Crippen molar-refractivity contribution >= 4 is 34.8 Å². The van der Waals surface area contributed by atoms with Crippen molar-refractivity contribution < 1.29 is 9.59 Å². The van der Waals surface area contributed by atoms with Crippen LogP contribution in [0.15, 0.2) is 34.1 Å². The molecule has 0 radical (unpaired) electrons. The molecule has 0 aliphatic heterocycles. The molecule has 1 heterocycles. The summed E-state index contributed by atoms with van der Waals surface area (Å²) in [4.78, 5) is 22.8. The summed E-state index contributed by atoms with van der Waals surface area (Å²) in [6, 6.07) is 7.25. The normalized spacial score (nSPS) is 10.2. The Bertz CT molecular complexity index is 582. The minimum absolute atomic E-state index is 0.0521. The van der Waals surface area contributed by atoms with Gasteiger partial charge in [0.15, 0.2) is 10.1 Å². The number of rotatable bonds is 6. The van der Waals surface area contributed by atoms with E-state index in [-0.39, 0.29) is 11.7 Å². The van der Waals surface area contributed by atoms with Gasteiger partial charge in [0.1, 0.15) is 5.51 Å². The lowest BCUT2D eigenvalue weighted by atomic mass is 10.1. The monoisotopic (exact) mass is 307 g/mol. The number of ketones is 1. The number of nitrogens with one attached hydrogen (secondary N) is 1. The third-order valence-corrected chi connectivity index (χ3v) is 4.34. The number of thioether (sulfide) groups is 1. The summed E-state index contributed by atoms with van der Waals surface area (Å²) < 4.78 is 0.792. The number of hydrogen-bond donors (Lipinski definition) is 1. The Labute approximate surface area is 124 Å². The number of carbonyl (C=O) groups excluding carboxylic acids is 2. The Balaban J connectivity index is 1.88. The van der Waals surface area contributed by atoms with Gasteiger partial charge in [-0.2, -0.15) is 0 Å². The van der Waals surface area contributed by atoms with Crippen LogP contribution in [0.4, 0.5) is 0 Å². The maximum absolute atomic E-state index is 12.0. The van der Waals surface area contributed by atoms with Gasteiger partial charge in [-0.15, -0.1) is 10.2 Å². The first kappa shape index (κ1) is 14.7. The molecule has 5 nitrogen and oxygen atoms in total. The fraction of sp³-hybridized carbons (Fsp3) is 0.231. The fourth-order valence-electron chi connectivity index (χ4n) is 1.47. The van der Waals surface area contributed by atoms with Crippen LogP contribution in [0.2, 0.25) is 0 Å². The third kappa shape index (κ3) is 4.43. The molecule has 0 atom stereocenters. The molecule has 7 heteroatoms. The number of nitrogens with zero attached hydrogens (tertiary/aromatic N) is 2. The van der Waals surface area contributed by atoms with Crippen LogP contribution in [0, 0.1) is 0 Å². The average molecular weight is 307 g/mol. The van der Waals surface area contributed by atoms with Crippen molar-refractivity contribution in [2.24, 2.45) is 0 Å². The van der Waals surface area contributed by atoms with Crippen LogP contribution in [0.3, 0.4) is 0 Å². The van der Waals surface area contributed by atoms with Crippen molar-refractivity contribution in [1.29, 1.82) is 0 Å². The highest BCUT2D eigenvalue weighted by Gasteiger charge is 2.08. The van der Waals surface area contributed by atoms with Crippen LogP contribution >= 0.6 is 23.1 Å². The van der Waals surface area contributed by atoms with Gasteiger partial charge >= 0.3 is 0 Å². The van der Waals surface area contributed by atoms with Gasteiger partial charge in [-0.25, -0.2) is 0 Å². The lowest BCUT2D eigenvalue weighted by Gasteiger charge is -2.04. The molecule has 0 saturated carbocycles. The van der Waals surface area contributed by atoms with Crippen LogP contribution < -0.4 is 5.32 Å².